The predicted octanol–water partition coefficient (Wildman–Crippen LogP) is 0.770. The normalized spacial score (nSPS) is 49.9. The lowest BCUT2D eigenvalue weighted by Gasteiger charge is -2.69. The standard InChI is InChI=1S/C47H76O18/c1-23-31(52)33(54)35(56)39(62-23)65-37-36(64-38-34(55)32(53)26(50)19-60-38)27(51)20-61-40(37)63-30-13-18-46(21-48)28(43(30,4)5)12-17-45(7)29(46)10-9-24-25(11-16-44(24,45)6)47(59,22-49)15-8-14-42(2,3)41(57)58/h8,14,21,23-40,49-56,59H,9-13,15-20,22H2,1-7H3,(H,57,58)/b14-8+/t23-,24+,25-,26+,27-,28+,29+,30-,31-,32-,33+,34+,35+,36-,37+,38-,39-,40-,44+,45+,46+,47+/m0/s1. The molecule has 0 amide bonds. The summed E-state index contributed by atoms with van der Waals surface area (Å²) in [7, 11) is 0. The third kappa shape index (κ3) is 8.59. The van der Waals surface area contributed by atoms with E-state index >= 15 is 0 Å². The van der Waals surface area contributed by atoms with E-state index < -0.39 is 120 Å². The van der Waals surface area contributed by atoms with Crippen molar-refractivity contribution in [2.75, 3.05) is 19.8 Å². The number of ether oxygens (including phenoxy) is 6. The fourth-order valence-corrected chi connectivity index (χ4v) is 14.0. The van der Waals surface area contributed by atoms with Crippen LogP contribution in [0.25, 0.3) is 0 Å². The Kier molecular flexibility index (Phi) is 14.6. The topological polar surface area (TPSA) is 292 Å². The fourth-order valence-electron chi connectivity index (χ4n) is 14.0. The first kappa shape index (κ1) is 51.1. The van der Waals surface area contributed by atoms with E-state index in [1.54, 1.807) is 26.0 Å². The molecule has 7 rings (SSSR count). The molecule has 18 heteroatoms. The van der Waals surface area contributed by atoms with Crippen LogP contribution in [0.2, 0.25) is 0 Å². The van der Waals surface area contributed by atoms with Gasteiger partial charge < -0.3 is 84.3 Å². The van der Waals surface area contributed by atoms with Gasteiger partial charge in [-0.2, -0.15) is 0 Å². The summed E-state index contributed by atoms with van der Waals surface area (Å²) < 4.78 is 36.7. The second-order valence-electron chi connectivity index (χ2n) is 22.3. The summed E-state index contributed by atoms with van der Waals surface area (Å²) in [6.45, 7) is 12.3. The van der Waals surface area contributed by atoms with Crippen LogP contribution < -0.4 is 0 Å². The van der Waals surface area contributed by atoms with Crippen LogP contribution in [0.4, 0.5) is 0 Å². The van der Waals surface area contributed by atoms with Crippen LogP contribution in [0.15, 0.2) is 12.2 Å². The molecular weight excluding hydrogens is 852 g/mol. The molecule has 0 aromatic heterocycles. The molecule has 0 bridgehead atoms. The zero-order chi connectivity index (χ0) is 47.8. The molecule has 372 valence electrons. The molecule has 0 unspecified atom stereocenters. The monoisotopic (exact) mass is 929 g/mol. The molecule has 7 fully saturated rings. The first-order valence-electron chi connectivity index (χ1n) is 23.7. The number of aliphatic hydroxyl groups is 9. The highest BCUT2D eigenvalue weighted by Gasteiger charge is 2.71. The zero-order valence-electron chi connectivity index (χ0n) is 38.8. The van der Waals surface area contributed by atoms with Crippen molar-refractivity contribution < 1.29 is 89.1 Å². The van der Waals surface area contributed by atoms with Gasteiger partial charge in [0.15, 0.2) is 18.9 Å². The van der Waals surface area contributed by atoms with Crippen molar-refractivity contribution in [3.63, 3.8) is 0 Å². The number of carboxylic acids is 1. The SMILES string of the molecule is C[C@@H]1O[C@@H](O[C@H]2[C@H](O[C@H]3CC[C@@]4(C=O)[C@H](CC[C@]5(C)[C@H]4CC[C@@H]4[C@@H]([C@](O)(CO)C/C=C/C(C)(C)C(=O)O)CC[C@]45C)C3(C)C)OC[C@H](O)[C@@H]2O[C@@H]2OC[C@@H](O)[C@H](O)[C@H]2O)[C@H](O)[C@H](O)[C@H]1O. The summed E-state index contributed by atoms with van der Waals surface area (Å²) in [5, 5.41) is 107. The molecule has 0 aromatic rings. The number of carboxylic acid groups (broad SMARTS) is 1. The number of carbonyl (C=O) groups is 2. The minimum Gasteiger partial charge on any atom is -0.481 e. The van der Waals surface area contributed by atoms with E-state index in [0.717, 1.165) is 25.7 Å². The van der Waals surface area contributed by atoms with Gasteiger partial charge in [-0.25, -0.2) is 0 Å². The maximum atomic E-state index is 13.9. The van der Waals surface area contributed by atoms with Crippen molar-refractivity contribution in [1.82, 2.24) is 0 Å². The number of aliphatic carboxylic acids is 1. The lowest BCUT2D eigenvalue weighted by Crippen LogP contribution is -2.67. The summed E-state index contributed by atoms with van der Waals surface area (Å²) >= 11 is 0. The Hall–Kier alpha value is -1.72. The van der Waals surface area contributed by atoms with Crippen molar-refractivity contribution >= 4 is 12.3 Å². The molecule has 65 heavy (non-hydrogen) atoms. The molecule has 22 atom stereocenters. The molecule has 0 aromatic carbocycles. The van der Waals surface area contributed by atoms with Crippen LogP contribution in [0.3, 0.4) is 0 Å². The third-order valence-electron chi connectivity index (χ3n) is 18.2. The van der Waals surface area contributed by atoms with Crippen molar-refractivity contribution in [1.29, 1.82) is 0 Å². The molecule has 0 radical (unpaired) electrons. The second kappa shape index (κ2) is 18.6. The maximum absolute atomic E-state index is 13.9. The molecule has 18 nitrogen and oxygen atoms in total. The third-order valence-corrected chi connectivity index (χ3v) is 18.2. The molecule has 4 aliphatic carbocycles. The number of hydrogen-bond donors (Lipinski definition) is 10. The van der Waals surface area contributed by atoms with E-state index in [4.69, 9.17) is 28.4 Å². The van der Waals surface area contributed by atoms with Gasteiger partial charge in [0.05, 0.1) is 43.0 Å². The number of fused-ring (bicyclic) bond motifs is 5. The van der Waals surface area contributed by atoms with Crippen molar-refractivity contribution in [2.24, 2.45) is 50.7 Å². The minimum atomic E-state index is -1.75. The fraction of sp³-hybridized carbons (Fsp3) is 0.915. The van der Waals surface area contributed by atoms with Gasteiger partial charge in [0.1, 0.15) is 61.2 Å². The summed E-state index contributed by atoms with van der Waals surface area (Å²) in [5.74, 6) is -1.28. The number of carbonyl (C=O) groups excluding carboxylic acids is 1. The average molecular weight is 929 g/mol. The summed E-state index contributed by atoms with van der Waals surface area (Å²) in [6, 6.07) is 0. The molecule has 10 N–H and O–H groups in total. The van der Waals surface area contributed by atoms with Crippen LogP contribution in [-0.2, 0) is 38.0 Å². The second-order valence-corrected chi connectivity index (χ2v) is 22.3. The Bertz CT molecular complexity index is 1730. The van der Waals surface area contributed by atoms with E-state index in [1.807, 2.05) is 0 Å². The average Bonchev–Trinajstić information content (AvgIpc) is 3.63. The van der Waals surface area contributed by atoms with Gasteiger partial charge in [-0.1, -0.05) is 39.8 Å². The quantitative estimate of drug-likeness (QED) is 0.0693. The highest BCUT2D eigenvalue weighted by Crippen LogP contribution is 2.75. The summed E-state index contributed by atoms with van der Waals surface area (Å²) in [5.41, 5.74) is -4.50. The lowest BCUT2D eigenvalue weighted by molar-refractivity contribution is -0.383. The van der Waals surface area contributed by atoms with E-state index in [9.17, 15) is 60.7 Å². The van der Waals surface area contributed by atoms with Crippen LogP contribution in [-0.4, -0.2) is 175 Å². The molecular formula is C47H76O18. The summed E-state index contributed by atoms with van der Waals surface area (Å²) in [4.78, 5) is 25.7. The first-order valence-corrected chi connectivity index (χ1v) is 23.7. The Balaban J connectivity index is 1.13. The van der Waals surface area contributed by atoms with Crippen molar-refractivity contribution in [3.8, 4) is 0 Å². The van der Waals surface area contributed by atoms with E-state index in [-0.39, 0.29) is 54.1 Å². The van der Waals surface area contributed by atoms with Gasteiger partial charge in [-0.15, -0.1) is 0 Å². The minimum absolute atomic E-state index is 0.00407. The molecule has 3 heterocycles. The number of aldehydes is 1. The van der Waals surface area contributed by atoms with Gasteiger partial charge >= 0.3 is 5.97 Å². The Morgan fingerprint density at radius 3 is 2.02 bits per heavy atom. The van der Waals surface area contributed by atoms with Gasteiger partial charge in [0.2, 0.25) is 0 Å². The van der Waals surface area contributed by atoms with Gasteiger partial charge in [0, 0.05) is 5.41 Å². The van der Waals surface area contributed by atoms with Gasteiger partial charge in [0.25, 0.3) is 0 Å². The predicted molar refractivity (Wildman–Crippen MR) is 227 cm³/mol. The van der Waals surface area contributed by atoms with Crippen molar-refractivity contribution in [2.45, 2.75) is 198 Å². The molecule has 7 aliphatic rings. The van der Waals surface area contributed by atoms with Crippen LogP contribution in [0.1, 0.15) is 106 Å². The smallest absolute Gasteiger partial charge is 0.312 e. The maximum Gasteiger partial charge on any atom is 0.312 e. The first-order chi connectivity index (χ1) is 30.3. The molecule has 0 spiro atoms. The Labute approximate surface area is 381 Å². The zero-order valence-corrected chi connectivity index (χ0v) is 38.8. The van der Waals surface area contributed by atoms with E-state index in [2.05, 4.69) is 27.7 Å². The number of hydrogen-bond acceptors (Lipinski definition) is 17. The molecule has 4 saturated carbocycles. The highest BCUT2D eigenvalue weighted by molar-refractivity contribution is 5.75. The van der Waals surface area contributed by atoms with Crippen LogP contribution >= 0.6 is 0 Å². The highest BCUT2D eigenvalue weighted by atomic mass is 16.8. The number of aliphatic hydroxyl groups excluding tert-OH is 8. The van der Waals surface area contributed by atoms with Crippen LogP contribution in [0.5, 0.6) is 0 Å². The Morgan fingerprint density at radius 2 is 1.35 bits per heavy atom. The van der Waals surface area contributed by atoms with Crippen LogP contribution in [0, 0.1) is 50.7 Å². The van der Waals surface area contributed by atoms with Gasteiger partial charge in [-0.05, 0) is 118 Å². The molecule has 3 aliphatic heterocycles. The van der Waals surface area contributed by atoms with E-state index in [0.29, 0.717) is 25.7 Å². The van der Waals surface area contributed by atoms with E-state index in [1.165, 1.54) is 13.2 Å². The summed E-state index contributed by atoms with van der Waals surface area (Å²) in [6.07, 6.45) is -9.76. The number of rotatable bonds is 13. The Morgan fingerprint density at radius 1 is 0.723 bits per heavy atom. The molecule has 3 saturated heterocycles. The lowest BCUT2D eigenvalue weighted by atomic mass is 9.35. The van der Waals surface area contributed by atoms with Crippen molar-refractivity contribution in [3.05, 3.63) is 12.2 Å². The largest absolute Gasteiger partial charge is 0.481 e. The van der Waals surface area contributed by atoms with Gasteiger partial charge in [-0.3, -0.25) is 4.79 Å².